The maximum atomic E-state index is 6.25. The summed E-state index contributed by atoms with van der Waals surface area (Å²) in [5.74, 6) is 0.749. The minimum absolute atomic E-state index is 0.252. The molecule has 1 fully saturated rings. The molecule has 1 N–H and O–H groups in total. The number of hydrogen-bond acceptors (Lipinski definition) is 1. The number of hydrogen-bond donors (Lipinski definition) is 1. The molecule has 0 aliphatic heterocycles. The number of halogens is 2. The van der Waals surface area contributed by atoms with Gasteiger partial charge in [-0.1, -0.05) is 43.0 Å². The molecule has 3 unspecified atom stereocenters. The molecule has 0 bridgehead atoms. The third-order valence-electron chi connectivity index (χ3n) is 4.00. The van der Waals surface area contributed by atoms with E-state index < -0.39 is 0 Å². The highest BCUT2D eigenvalue weighted by molar-refractivity contribution is 6.33. The molecule has 1 nitrogen and oxygen atoms in total. The van der Waals surface area contributed by atoms with Crippen molar-refractivity contribution in [3.63, 3.8) is 0 Å². The summed E-state index contributed by atoms with van der Waals surface area (Å²) in [5, 5.41) is 5.25. The molecule has 1 aromatic rings. The molecule has 3 heteroatoms. The van der Waals surface area contributed by atoms with E-state index in [1.54, 1.807) is 0 Å². The van der Waals surface area contributed by atoms with Gasteiger partial charge in [-0.3, -0.25) is 0 Å². The van der Waals surface area contributed by atoms with Gasteiger partial charge in [0.25, 0.3) is 0 Å². The third kappa shape index (κ3) is 3.40. The van der Waals surface area contributed by atoms with Crippen LogP contribution in [0.15, 0.2) is 18.2 Å². The lowest BCUT2D eigenvalue weighted by Crippen LogP contribution is -2.38. The van der Waals surface area contributed by atoms with E-state index in [4.69, 9.17) is 23.2 Å². The molecule has 1 saturated carbocycles. The molecule has 0 saturated heterocycles. The van der Waals surface area contributed by atoms with Gasteiger partial charge in [-0.05, 0) is 49.4 Å². The van der Waals surface area contributed by atoms with Gasteiger partial charge in [0.15, 0.2) is 0 Å². The van der Waals surface area contributed by atoms with Gasteiger partial charge in [0, 0.05) is 22.1 Å². The van der Waals surface area contributed by atoms with Crippen molar-refractivity contribution in [1.82, 2.24) is 5.32 Å². The zero-order chi connectivity index (χ0) is 13.1. The van der Waals surface area contributed by atoms with E-state index in [-0.39, 0.29) is 6.04 Å². The fourth-order valence-electron chi connectivity index (χ4n) is 2.82. The summed E-state index contributed by atoms with van der Waals surface area (Å²) >= 11 is 12.3. The molecule has 0 aromatic heterocycles. The molecule has 3 atom stereocenters. The van der Waals surface area contributed by atoms with Gasteiger partial charge >= 0.3 is 0 Å². The topological polar surface area (TPSA) is 12.0 Å². The molecular formula is C15H21Cl2N. The highest BCUT2D eigenvalue weighted by Crippen LogP contribution is 2.30. The summed E-state index contributed by atoms with van der Waals surface area (Å²) in [6.07, 6.45) is 5.29. The van der Waals surface area contributed by atoms with Crippen LogP contribution in [0.1, 0.15) is 51.1 Å². The molecule has 1 aliphatic carbocycles. The van der Waals surface area contributed by atoms with Crippen molar-refractivity contribution in [1.29, 1.82) is 0 Å². The monoisotopic (exact) mass is 285 g/mol. The van der Waals surface area contributed by atoms with Crippen LogP contribution in [0.2, 0.25) is 10.0 Å². The van der Waals surface area contributed by atoms with E-state index >= 15 is 0 Å². The Labute approximate surface area is 120 Å². The van der Waals surface area contributed by atoms with Crippen molar-refractivity contribution >= 4 is 23.2 Å². The fraction of sp³-hybridized carbons (Fsp3) is 0.600. The lowest BCUT2D eigenvalue weighted by atomic mass is 9.85. The molecule has 1 aliphatic rings. The first-order chi connectivity index (χ1) is 8.58. The zero-order valence-corrected chi connectivity index (χ0v) is 12.6. The van der Waals surface area contributed by atoms with Crippen molar-refractivity contribution in [3.8, 4) is 0 Å². The largest absolute Gasteiger partial charge is 0.307 e. The van der Waals surface area contributed by atoms with Gasteiger partial charge in [0.2, 0.25) is 0 Å². The minimum atomic E-state index is 0.252. The van der Waals surface area contributed by atoms with E-state index in [9.17, 15) is 0 Å². The summed E-state index contributed by atoms with van der Waals surface area (Å²) in [4.78, 5) is 0. The molecule has 2 rings (SSSR count). The molecule has 1 aromatic carbocycles. The second-order valence-electron chi connectivity index (χ2n) is 5.42. The van der Waals surface area contributed by atoms with Crippen LogP contribution in [0, 0.1) is 5.92 Å². The lowest BCUT2D eigenvalue weighted by Gasteiger charge is -2.32. The van der Waals surface area contributed by atoms with Gasteiger partial charge in [-0.25, -0.2) is 0 Å². The zero-order valence-electron chi connectivity index (χ0n) is 11.0. The Balaban J connectivity index is 2.06. The van der Waals surface area contributed by atoms with Crippen LogP contribution >= 0.6 is 23.2 Å². The van der Waals surface area contributed by atoms with E-state index in [2.05, 4.69) is 19.2 Å². The predicted molar refractivity (Wildman–Crippen MR) is 79.4 cm³/mol. The van der Waals surface area contributed by atoms with Crippen LogP contribution in [-0.4, -0.2) is 6.04 Å². The van der Waals surface area contributed by atoms with Gasteiger partial charge in [-0.2, -0.15) is 0 Å². The van der Waals surface area contributed by atoms with Gasteiger partial charge in [-0.15, -0.1) is 0 Å². The van der Waals surface area contributed by atoms with Crippen molar-refractivity contribution in [2.24, 2.45) is 5.92 Å². The first-order valence-electron chi connectivity index (χ1n) is 6.79. The van der Waals surface area contributed by atoms with Crippen LogP contribution < -0.4 is 5.32 Å². The average molecular weight is 286 g/mol. The first-order valence-corrected chi connectivity index (χ1v) is 7.54. The average Bonchev–Trinajstić information content (AvgIpc) is 2.35. The first kappa shape index (κ1) is 14.2. The van der Waals surface area contributed by atoms with Crippen molar-refractivity contribution in [3.05, 3.63) is 33.8 Å². The van der Waals surface area contributed by atoms with Gasteiger partial charge in [0.05, 0.1) is 0 Å². The number of benzene rings is 1. The maximum Gasteiger partial charge on any atom is 0.0454 e. The SMILES string of the molecule is CC(NC1CCCCC1C)c1cc(Cl)ccc1Cl. The van der Waals surface area contributed by atoms with Crippen LogP contribution in [0.3, 0.4) is 0 Å². The summed E-state index contributed by atoms with van der Waals surface area (Å²) in [6, 6.07) is 6.53. The smallest absolute Gasteiger partial charge is 0.0454 e. The maximum absolute atomic E-state index is 6.25. The molecule has 100 valence electrons. The molecule has 0 radical (unpaired) electrons. The number of rotatable bonds is 3. The van der Waals surface area contributed by atoms with Gasteiger partial charge in [0.1, 0.15) is 0 Å². The Morgan fingerprint density at radius 3 is 2.67 bits per heavy atom. The predicted octanol–water partition coefficient (Wildman–Crippen LogP) is 5.22. The van der Waals surface area contributed by atoms with Crippen molar-refractivity contribution in [2.75, 3.05) is 0 Å². The molecule has 0 amide bonds. The lowest BCUT2D eigenvalue weighted by molar-refractivity contribution is 0.263. The normalized spacial score (nSPS) is 26.0. The summed E-state index contributed by atoms with van der Waals surface area (Å²) in [7, 11) is 0. The van der Waals surface area contributed by atoms with Crippen LogP contribution in [-0.2, 0) is 0 Å². The van der Waals surface area contributed by atoms with Crippen LogP contribution in [0.4, 0.5) is 0 Å². The summed E-state index contributed by atoms with van der Waals surface area (Å²) in [6.45, 7) is 4.50. The molecule has 18 heavy (non-hydrogen) atoms. The Morgan fingerprint density at radius 2 is 1.94 bits per heavy atom. The standard InChI is InChI=1S/C15H21Cl2N/c1-10-5-3-4-6-15(10)18-11(2)13-9-12(16)7-8-14(13)17/h7-11,15,18H,3-6H2,1-2H3. The molecule has 0 spiro atoms. The van der Waals surface area contributed by atoms with Crippen molar-refractivity contribution < 1.29 is 0 Å². The second kappa shape index (κ2) is 6.27. The van der Waals surface area contributed by atoms with Gasteiger partial charge < -0.3 is 5.32 Å². The molecule has 0 heterocycles. The third-order valence-corrected chi connectivity index (χ3v) is 4.58. The molecular weight excluding hydrogens is 265 g/mol. The Kier molecular flexibility index (Phi) is 4.94. The second-order valence-corrected chi connectivity index (χ2v) is 6.27. The van der Waals surface area contributed by atoms with E-state index in [1.807, 2.05) is 18.2 Å². The number of nitrogens with one attached hydrogen (secondary N) is 1. The minimum Gasteiger partial charge on any atom is -0.307 e. The van der Waals surface area contributed by atoms with Crippen molar-refractivity contribution in [2.45, 2.75) is 51.6 Å². The van der Waals surface area contributed by atoms with E-state index in [1.165, 1.54) is 25.7 Å². The quantitative estimate of drug-likeness (QED) is 0.803. The van der Waals surface area contributed by atoms with Crippen LogP contribution in [0.5, 0.6) is 0 Å². The highest BCUT2D eigenvalue weighted by Gasteiger charge is 2.23. The Hall–Kier alpha value is -0.240. The van der Waals surface area contributed by atoms with E-state index in [0.717, 1.165) is 21.5 Å². The summed E-state index contributed by atoms with van der Waals surface area (Å²) < 4.78 is 0. The van der Waals surface area contributed by atoms with E-state index in [0.29, 0.717) is 6.04 Å². The van der Waals surface area contributed by atoms with Crippen LogP contribution in [0.25, 0.3) is 0 Å². The Morgan fingerprint density at radius 1 is 1.22 bits per heavy atom. The fourth-order valence-corrected chi connectivity index (χ4v) is 3.28. The highest BCUT2D eigenvalue weighted by atomic mass is 35.5. The Bertz CT molecular complexity index is 405. The summed E-state index contributed by atoms with van der Waals surface area (Å²) in [5.41, 5.74) is 1.10.